The van der Waals surface area contributed by atoms with Gasteiger partial charge in [-0.2, -0.15) is 5.10 Å². The van der Waals surface area contributed by atoms with Crippen molar-refractivity contribution in [1.29, 1.82) is 0 Å². The Morgan fingerprint density at radius 2 is 2.25 bits per heavy atom. The third kappa shape index (κ3) is 3.13. The van der Waals surface area contributed by atoms with Crippen molar-refractivity contribution in [3.63, 3.8) is 0 Å². The third-order valence-electron chi connectivity index (χ3n) is 3.31. The van der Waals surface area contributed by atoms with Gasteiger partial charge in [0.25, 0.3) is 5.91 Å². The van der Waals surface area contributed by atoms with E-state index in [-0.39, 0.29) is 24.1 Å². The van der Waals surface area contributed by atoms with Gasteiger partial charge in [0.2, 0.25) is 11.8 Å². The molecule has 0 aromatic heterocycles. The second-order valence-electron chi connectivity index (χ2n) is 4.71. The molecule has 1 atom stereocenters. The molecular formula is C12H19N5O3. The number of rotatable bonds is 3. The number of nitrogens with zero attached hydrogens (tertiary/aromatic N) is 2. The Hall–Kier alpha value is -1.96. The fourth-order valence-electron chi connectivity index (χ4n) is 2.27. The molecule has 2 aliphatic rings. The van der Waals surface area contributed by atoms with E-state index >= 15 is 0 Å². The van der Waals surface area contributed by atoms with Crippen LogP contribution in [0.25, 0.3) is 0 Å². The fraction of sp³-hybridized carbons (Fsp3) is 0.667. The van der Waals surface area contributed by atoms with Crippen LogP contribution in [0.1, 0.15) is 19.8 Å². The first kappa shape index (κ1) is 14.4. The molecule has 2 heterocycles. The number of piperazine rings is 1. The number of carbonyl (C=O) groups excluding carboxylic acids is 3. The van der Waals surface area contributed by atoms with Crippen molar-refractivity contribution >= 4 is 23.4 Å². The van der Waals surface area contributed by atoms with E-state index in [9.17, 15) is 14.4 Å². The molecule has 1 unspecified atom stereocenters. The van der Waals surface area contributed by atoms with Crippen LogP contribution in [0, 0.1) is 0 Å². The number of amides is 3. The van der Waals surface area contributed by atoms with Crippen LogP contribution in [0.2, 0.25) is 0 Å². The first-order valence-electron chi connectivity index (χ1n) is 6.78. The van der Waals surface area contributed by atoms with E-state index in [4.69, 9.17) is 0 Å². The molecule has 0 saturated carbocycles. The number of likely N-dealkylation sites (N-methyl/N-ethyl adjacent to an activating group) is 1. The topological polar surface area (TPSA) is 103 Å². The third-order valence-corrected chi connectivity index (χ3v) is 3.31. The maximum absolute atomic E-state index is 12.4. The maximum Gasteiger partial charge on any atom is 0.270 e. The molecular weight excluding hydrogens is 262 g/mol. The van der Waals surface area contributed by atoms with Crippen molar-refractivity contribution in [3.8, 4) is 0 Å². The summed E-state index contributed by atoms with van der Waals surface area (Å²) >= 11 is 0. The highest BCUT2D eigenvalue weighted by Crippen LogP contribution is 2.09. The summed E-state index contributed by atoms with van der Waals surface area (Å²) in [5, 5.41) is 9.63. The van der Waals surface area contributed by atoms with Gasteiger partial charge in [0.05, 0.1) is 0 Å². The summed E-state index contributed by atoms with van der Waals surface area (Å²) in [6, 6.07) is -0.531. The lowest BCUT2D eigenvalue weighted by Gasteiger charge is -2.35. The molecule has 8 nitrogen and oxygen atoms in total. The quantitative estimate of drug-likeness (QED) is 0.567. The molecule has 0 aromatic rings. The molecule has 1 fully saturated rings. The van der Waals surface area contributed by atoms with Gasteiger partial charge in [-0.3, -0.25) is 14.4 Å². The molecule has 0 bridgehead atoms. The molecule has 20 heavy (non-hydrogen) atoms. The van der Waals surface area contributed by atoms with Crippen molar-refractivity contribution < 1.29 is 14.4 Å². The van der Waals surface area contributed by atoms with E-state index in [2.05, 4.69) is 21.2 Å². The number of hydrazone groups is 1. The van der Waals surface area contributed by atoms with Gasteiger partial charge < -0.3 is 15.5 Å². The summed E-state index contributed by atoms with van der Waals surface area (Å²) in [5.74, 6) is -0.640. The predicted octanol–water partition coefficient (Wildman–Crippen LogP) is -1.81. The van der Waals surface area contributed by atoms with E-state index in [0.717, 1.165) is 0 Å². The van der Waals surface area contributed by atoms with E-state index in [0.29, 0.717) is 38.3 Å². The van der Waals surface area contributed by atoms with Crippen molar-refractivity contribution in [2.75, 3.05) is 26.2 Å². The first-order valence-corrected chi connectivity index (χ1v) is 6.78. The Labute approximate surface area is 117 Å². The largest absolute Gasteiger partial charge is 0.355 e. The summed E-state index contributed by atoms with van der Waals surface area (Å²) in [4.78, 5) is 37.0. The lowest BCUT2D eigenvalue weighted by atomic mass is 10.1. The van der Waals surface area contributed by atoms with Gasteiger partial charge in [-0.15, -0.1) is 0 Å². The monoisotopic (exact) mass is 281 g/mol. The van der Waals surface area contributed by atoms with Crippen LogP contribution >= 0.6 is 0 Å². The van der Waals surface area contributed by atoms with Gasteiger partial charge in [-0.05, 0) is 6.92 Å². The van der Waals surface area contributed by atoms with E-state index in [1.807, 2.05) is 6.92 Å². The summed E-state index contributed by atoms with van der Waals surface area (Å²) in [6.07, 6.45) is 0.569. The SMILES string of the molecule is CCNC(=O)C1CNCCN1C(=O)C1=NNC(=O)CC1. The van der Waals surface area contributed by atoms with Gasteiger partial charge >= 0.3 is 0 Å². The Morgan fingerprint density at radius 3 is 2.90 bits per heavy atom. The van der Waals surface area contributed by atoms with Crippen LogP contribution < -0.4 is 16.1 Å². The average Bonchev–Trinajstić information content (AvgIpc) is 2.47. The normalized spacial score (nSPS) is 22.9. The zero-order valence-electron chi connectivity index (χ0n) is 11.4. The van der Waals surface area contributed by atoms with Crippen LogP contribution in [-0.4, -0.2) is 60.6 Å². The summed E-state index contributed by atoms with van der Waals surface area (Å²) < 4.78 is 0. The van der Waals surface area contributed by atoms with Crippen molar-refractivity contribution in [1.82, 2.24) is 21.0 Å². The van der Waals surface area contributed by atoms with Crippen LogP contribution in [-0.2, 0) is 14.4 Å². The molecule has 1 saturated heterocycles. The van der Waals surface area contributed by atoms with Crippen molar-refractivity contribution in [2.45, 2.75) is 25.8 Å². The highest BCUT2D eigenvalue weighted by atomic mass is 16.2. The average molecular weight is 281 g/mol. The molecule has 0 aromatic carbocycles. The smallest absolute Gasteiger partial charge is 0.270 e. The molecule has 0 spiro atoms. The van der Waals surface area contributed by atoms with E-state index < -0.39 is 6.04 Å². The molecule has 3 amide bonds. The Morgan fingerprint density at radius 1 is 1.45 bits per heavy atom. The van der Waals surface area contributed by atoms with Gasteiger partial charge in [-0.1, -0.05) is 0 Å². The van der Waals surface area contributed by atoms with Gasteiger partial charge in [0.1, 0.15) is 11.8 Å². The second kappa shape index (κ2) is 6.47. The lowest BCUT2D eigenvalue weighted by Crippen LogP contribution is -2.61. The molecule has 3 N–H and O–H groups in total. The number of hydrogen-bond donors (Lipinski definition) is 3. The summed E-state index contributed by atoms with van der Waals surface area (Å²) in [6.45, 7) is 3.88. The minimum Gasteiger partial charge on any atom is -0.355 e. The fourth-order valence-corrected chi connectivity index (χ4v) is 2.27. The van der Waals surface area contributed by atoms with Gasteiger partial charge in [0, 0.05) is 39.0 Å². The molecule has 2 rings (SSSR count). The highest BCUT2D eigenvalue weighted by Gasteiger charge is 2.34. The first-order chi connectivity index (χ1) is 9.63. The number of nitrogens with one attached hydrogen (secondary N) is 3. The predicted molar refractivity (Wildman–Crippen MR) is 71.9 cm³/mol. The lowest BCUT2D eigenvalue weighted by molar-refractivity contribution is -0.137. The van der Waals surface area contributed by atoms with Crippen molar-refractivity contribution in [3.05, 3.63) is 0 Å². The van der Waals surface area contributed by atoms with Gasteiger partial charge in [0.15, 0.2) is 0 Å². The molecule has 110 valence electrons. The molecule has 0 radical (unpaired) electrons. The van der Waals surface area contributed by atoms with Gasteiger partial charge in [-0.25, -0.2) is 5.43 Å². The minimum atomic E-state index is -0.531. The van der Waals surface area contributed by atoms with E-state index in [1.54, 1.807) is 0 Å². The maximum atomic E-state index is 12.4. The van der Waals surface area contributed by atoms with Crippen LogP contribution in [0.15, 0.2) is 5.10 Å². The zero-order valence-corrected chi connectivity index (χ0v) is 11.4. The minimum absolute atomic E-state index is 0.173. The summed E-state index contributed by atoms with van der Waals surface area (Å²) in [5.41, 5.74) is 2.61. The standard InChI is InChI=1S/C12H19N5O3/c1-2-14-11(19)9-7-13-5-6-17(9)12(20)8-3-4-10(18)16-15-8/h9,13H,2-7H2,1H3,(H,14,19)(H,16,18). The Balaban J connectivity index is 2.09. The summed E-state index contributed by atoms with van der Waals surface area (Å²) in [7, 11) is 0. The highest BCUT2D eigenvalue weighted by molar-refractivity contribution is 6.39. The Bertz CT molecular complexity index is 448. The van der Waals surface area contributed by atoms with Crippen molar-refractivity contribution in [2.24, 2.45) is 5.10 Å². The van der Waals surface area contributed by atoms with Crippen LogP contribution in [0.5, 0.6) is 0 Å². The van der Waals surface area contributed by atoms with E-state index in [1.165, 1.54) is 4.90 Å². The number of hydrogen-bond acceptors (Lipinski definition) is 5. The Kier molecular flexibility index (Phi) is 4.67. The molecule has 0 aliphatic carbocycles. The molecule has 8 heteroatoms. The second-order valence-corrected chi connectivity index (χ2v) is 4.71. The molecule has 2 aliphatic heterocycles. The number of carbonyl (C=O) groups is 3. The van der Waals surface area contributed by atoms with Crippen LogP contribution in [0.3, 0.4) is 0 Å². The zero-order chi connectivity index (χ0) is 14.5. The van der Waals surface area contributed by atoms with Crippen LogP contribution in [0.4, 0.5) is 0 Å².